The molecule has 2 N–H and O–H groups in total. The Morgan fingerprint density at radius 3 is 2.50 bits per heavy atom. The van der Waals surface area contributed by atoms with Crippen LogP contribution in [0.25, 0.3) is 0 Å². The van der Waals surface area contributed by atoms with Gasteiger partial charge in [0.25, 0.3) is 0 Å². The highest BCUT2D eigenvalue weighted by molar-refractivity contribution is 5.79. The molecule has 4 nitrogen and oxygen atoms in total. The van der Waals surface area contributed by atoms with E-state index in [2.05, 4.69) is 23.6 Å². The fraction of sp³-hybridized carbons (Fsp3) is 0.938. The van der Waals surface area contributed by atoms with Crippen molar-refractivity contribution in [2.24, 2.45) is 11.7 Å². The van der Waals surface area contributed by atoms with Gasteiger partial charge in [-0.05, 0) is 52.1 Å². The summed E-state index contributed by atoms with van der Waals surface area (Å²) in [5, 5.41) is 0. The molecule has 2 fully saturated rings. The van der Waals surface area contributed by atoms with E-state index >= 15 is 0 Å². The molecule has 1 amide bonds. The Balaban J connectivity index is 1.90. The first-order valence-corrected chi connectivity index (χ1v) is 8.35. The Bertz CT molecular complexity index is 313. The highest BCUT2D eigenvalue weighted by Crippen LogP contribution is 2.25. The molecule has 0 spiro atoms. The number of amides is 1. The van der Waals surface area contributed by atoms with E-state index in [0.717, 1.165) is 26.1 Å². The van der Waals surface area contributed by atoms with E-state index in [4.69, 9.17) is 5.73 Å². The molecule has 0 bridgehead atoms. The zero-order chi connectivity index (χ0) is 14.5. The molecular weight excluding hydrogens is 250 g/mol. The van der Waals surface area contributed by atoms with Crippen molar-refractivity contribution < 1.29 is 4.79 Å². The lowest BCUT2D eigenvalue weighted by molar-refractivity contribution is -0.137. The molecule has 1 saturated carbocycles. The third kappa shape index (κ3) is 3.95. The largest absolute Gasteiger partial charge is 0.336 e. The second-order valence-corrected chi connectivity index (χ2v) is 6.81. The summed E-state index contributed by atoms with van der Waals surface area (Å²) >= 11 is 0. The highest BCUT2D eigenvalue weighted by atomic mass is 16.2. The van der Waals surface area contributed by atoms with Crippen LogP contribution in [-0.2, 0) is 4.79 Å². The second kappa shape index (κ2) is 7.41. The molecular formula is C16H31N3O. The monoisotopic (exact) mass is 281 g/mol. The molecule has 0 aromatic heterocycles. The number of rotatable bonds is 5. The van der Waals surface area contributed by atoms with Crippen LogP contribution < -0.4 is 5.73 Å². The summed E-state index contributed by atoms with van der Waals surface area (Å²) in [4.78, 5) is 17.1. The molecule has 4 heteroatoms. The van der Waals surface area contributed by atoms with Gasteiger partial charge in [0, 0.05) is 18.6 Å². The molecule has 2 aliphatic rings. The van der Waals surface area contributed by atoms with Crippen LogP contribution in [0.2, 0.25) is 0 Å². The zero-order valence-electron chi connectivity index (χ0n) is 13.2. The molecule has 1 atom stereocenters. The maximum absolute atomic E-state index is 12.7. The molecule has 2 rings (SSSR count). The van der Waals surface area contributed by atoms with Crippen LogP contribution in [0.15, 0.2) is 0 Å². The average Bonchev–Trinajstić information content (AvgIpc) is 2.87. The molecule has 1 aliphatic carbocycles. The van der Waals surface area contributed by atoms with Gasteiger partial charge in [0.05, 0.1) is 6.54 Å². The standard InChI is InChI=1S/C16H31N3O/c1-13(2)19(15-6-4-3-5-7-15)16(20)12-18-9-8-14(10-17)11-18/h13-15H,3-12,17H2,1-2H3. The SMILES string of the molecule is CC(C)N(C(=O)CN1CCC(CN)C1)C1CCCCC1. The van der Waals surface area contributed by atoms with Crippen molar-refractivity contribution in [3.63, 3.8) is 0 Å². The average molecular weight is 281 g/mol. The first kappa shape index (κ1) is 15.8. The van der Waals surface area contributed by atoms with E-state index in [-0.39, 0.29) is 0 Å². The lowest BCUT2D eigenvalue weighted by Gasteiger charge is -2.38. The van der Waals surface area contributed by atoms with Gasteiger partial charge < -0.3 is 10.6 Å². The van der Waals surface area contributed by atoms with Crippen LogP contribution in [0.4, 0.5) is 0 Å². The smallest absolute Gasteiger partial charge is 0.237 e. The third-order valence-corrected chi connectivity index (χ3v) is 4.87. The van der Waals surface area contributed by atoms with Crippen molar-refractivity contribution in [3.05, 3.63) is 0 Å². The van der Waals surface area contributed by atoms with Crippen LogP contribution >= 0.6 is 0 Å². The summed E-state index contributed by atoms with van der Waals surface area (Å²) in [5.74, 6) is 0.912. The van der Waals surface area contributed by atoms with E-state index in [1.54, 1.807) is 0 Å². The lowest BCUT2D eigenvalue weighted by atomic mass is 9.93. The normalized spacial score (nSPS) is 25.3. The maximum Gasteiger partial charge on any atom is 0.237 e. The Hall–Kier alpha value is -0.610. The molecule has 0 aromatic rings. The number of hydrogen-bond acceptors (Lipinski definition) is 3. The van der Waals surface area contributed by atoms with E-state index in [1.807, 2.05) is 0 Å². The number of likely N-dealkylation sites (tertiary alicyclic amines) is 1. The number of carbonyl (C=O) groups is 1. The molecule has 116 valence electrons. The second-order valence-electron chi connectivity index (χ2n) is 6.81. The van der Waals surface area contributed by atoms with Crippen molar-refractivity contribution in [1.82, 2.24) is 9.80 Å². The van der Waals surface area contributed by atoms with Crippen molar-refractivity contribution in [2.45, 2.75) is 64.5 Å². The number of hydrogen-bond donors (Lipinski definition) is 1. The molecule has 0 radical (unpaired) electrons. The summed E-state index contributed by atoms with van der Waals surface area (Å²) in [6.45, 7) is 7.67. The van der Waals surface area contributed by atoms with E-state index < -0.39 is 0 Å². The van der Waals surface area contributed by atoms with Gasteiger partial charge in [-0.15, -0.1) is 0 Å². The van der Waals surface area contributed by atoms with Crippen LogP contribution in [0, 0.1) is 5.92 Å². The van der Waals surface area contributed by atoms with Gasteiger partial charge in [-0.25, -0.2) is 0 Å². The molecule has 0 aromatic carbocycles. The first-order valence-electron chi connectivity index (χ1n) is 8.35. The highest BCUT2D eigenvalue weighted by Gasteiger charge is 2.30. The van der Waals surface area contributed by atoms with E-state index in [9.17, 15) is 4.79 Å². The summed E-state index contributed by atoms with van der Waals surface area (Å²) in [5.41, 5.74) is 5.73. The molecule has 1 saturated heterocycles. The van der Waals surface area contributed by atoms with Crippen LogP contribution in [0.1, 0.15) is 52.4 Å². The minimum atomic E-state index is 0.318. The summed E-state index contributed by atoms with van der Waals surface area (Å²) in [6.07, 6.45) is 7.42. The Labute approximate surface area is 123 Å². The van der Waals surface area contributed by atoms with E-state index in [1.165, 1.54) is 32.1 Å². The molecule has 1 unspecified atom stereocenters. The van der Waals surface area contributed by atoms with Gasteiger partial charge >= 0.3 is 0 Å². The Morgan fingerprint density at radius 1 is 1.25 bits per heavy atom. The topological polar surface area (TPSA) is 49.6 Å². The van der Waals surface area contributed by atoms with Gasteiger partial charge in [0.15, 0.2) is 0 Å². The quantitative estimate of drug-likeness (QED) is 0.836. The predicted molar refractivity (Wildman–Crippen MR) is 82.5 cm³/mol. The maximum atomic E-state index is 12.7. The summed E-state index contributed by atoms with van der Waals surface area (Å²) in [6, 6.07) is 0.794. The van der Waals surface area contributed by atoms with Gasteiger partial charge in [-0.2, -0.15) is 0 Å². The zero-order valence-corrected chi connectivity index (χ0v) is 13.2. The van der Waals surface area contributed by atoms with E-state index in [0.29, 0.717) is 30.5 Å². The van der Waals surface area contributed by atoms with Crippen molar-refractivity contribution >= 4 is 5.91 Å². The molecule has 1 aliphatic heterocycles. The Kier molecular flexibility index (Phi) is 5.85. The number of carbonyl (C=O) groups excluding carboxylic acids is 1. The summed E-state index contributed by atoms with van der Waals surface area (Å²) in [7, 11) is 0. The molecule has 1 heterocycles. The van der Waals surface area contributed by atoms with Gasteiger partial charge in [0.2, 0.25) is 5.91 Å². The van der Waals surface area contributed by atoms with Gasteiger partial charge in [-0.3, -0.25) is 9.69 Å². The van der Waals surface area contributed by atoms with Crippen molar-refractivity contribution in [2.75, 3.05) is 26.2 Å². The minimum Gasteiger partial charge on any atom is -0.336 e. The van der Waals surface area contributed by atoms with Gasteiger partial charge in [0.1, 0.15) is 0 Å². The fourth-order valence-corrected chi connectivity index (χ4v) is 3.79. The first-order chi connectivity index (χ1) is 9.61. The Morgan fingerprint density at radius 2 is 1.95 bits per heavy atom. The fourth-order valence-electron chi connectivity index (χ4n) is 3.79. The van der Waals surface area contributed by atoms with Crippen molar-refractivity contribution in [1.29, 1.82) is 0 Å². The minimum absolute atomic E-state index is 0.318. The van der Waals surface area contributed by atoms with Crippen LogP contribution in [0.5, 0.6) is 0 Å². The number of nitrogens with two attached hydrogens (primary N) is 1. The third-order valence-electron chi connectivity index (χ3n) is 4.87. The van der Waals surface area contributed by atoms with Gasteiger partial charge in [-0.1, -0.05) is 19.3 Å². The van der Waals surface area contributed by atoms with Crippen molar-refractivity contribution in [3.8, 4) is 0 Å². The molecule has 20 heavy (non-hydrogen) atoms. The predicted octanol–water partition coefficient (Wildman–Crippen LogP) is 1.84. The lowest BCUT2D eigenvalue weighted by Crippen LogP contribution is -2.49. The van der Waals surface area contributed by atoms with Crippen LogP contribution in [0.3, 0.4) is 0 Å². The number of nitrogens with zero attached hydrogens (tertiary/aromatic N) is 2. The van der Waals surface area contributed by atoms with Crippen LogP contribution in [-0.4, -0.2) is 54.0 Å². The summed E-state index contributed by atoms with van der Waals surface area (Å²) < 4.78 is 0.